The number of halogens is 2. The Kier molecular flexibility index (Phi) is 4.76. The van der Waals surface area contributed by atoms with E-state index in [0.29, 0.717) is 6.42 Å². The summed E-state index contributed by atoms with van der Waals surface area (Å²) in [7, 11) is 0. The summed E-state index contributed by atoms with van der Waals surface area (Å²) in [6, 6.07) is 4.67. The normalized spacial score (nSPS) is 20.6. The van der Waals surface area contributed by atoms with Gasteiger partial charge in [0, 0.05) is 5.92 Å². The summed E-state index contributed by atoms with van der Waals surface area (Å²) in [5.41, 5.74) is 0.823. The lowest BCUT2D eigenvalue weighted by molar-refractivity contribution is -0.145. The highest BCUT2D eigenvalue weighted by Gasteiger charge is 2.42. The largest absolute Gasteiger partial charge is 0.466 e. The van der Waals surface area contributed by atoms with Crippen molar-refractivity contribution in [2.75, 3.05) is 6.61 Å². The number of carbonyl (C=O) groups is 2. The highest BCUT2D eigenvalue weighted by atomic mass is 35.5. The zero-order chi connectivity index (χ0) is 14.7. The number of ether oxygens (including phenoxy) is 1. The number of hydrogen-bond donors (Lipinski definition) is 0. The summed E-state index contributed by atoms with van der Waals surface area (Å²) >= 11 is 5.62. The molecule has 2 rings (SSSR count). The maximum atomic E-state index is 13.3. The number of carbonyl (C=O) groups excluding carboxylic acids is 2. The third-order valence-electron chi connectivity index (χ3n) is 3.44. The lowest BCUT2D eigenvalue weighted by Crippen LogP contribution is -2.13. The molecule has 0 aromatic heterocycles. The quantitative estimate of drug-likeness (QED) is 0.598. The smallest absolute Gasteiger partial charge is 0.313 e. The summed E-state index contributed by atoms with van der Waals surface area (Å²) in [5.74, 6) is -0.904. The Balaban J connectivity index is 1.84. The van der Waals surface area contributed by atoms with Gasteiger partial charge in [-0.2, -0.15) is 0 Å². The minimum atomic E-state index is -0.472. The van der Waals surface area contributed by atoms with Crippen molar-refractivity contribution in [2.24, 2.45) is 11.8 Å². The van der Waals surface area contributed by atoms with Crippen LogP contribution in [0.4, 0.5) is 4.39 Å². The molecule has 2 atom stereocenters. The van der Waals surface area contributed by atoms with Gasteiger partial charge in [-0.15, -0.1) is 0 Å². The molecule has 0 saturated heterocycles. The Hall–Kier alpha value is -1.42. The third-order valence-corrected chi connectivity index (χ3v) is 3.75. The number of Topliss-reactive ketones (excluding diaryl/α,β-unsaturated/α-hetero) is 1. The van der Waals surface area contributed by atoms with E-state index in [2.05, 4.69) is 0 Å². The molecule has 0 N–H and O–H groups in total. The fourth-order valence-corrected chi connectivity index (χ4v) is 2.44. The number of esters is 1. The fourth-order valence-electron chi connectivity index (χ4n) is 2.32. The van der Waals surface area contributed by atoms with Crippen LogP contribution in [0.2, 0.25) is 5.02 Å². The first-order chi connectivity index (χ1) is 9.51. The molecule has 0 bridgehead atoms. The maximum absolute atomic E-state index is 13.3. The summed E-state index contributed by atoms with van der Waals surface area (Å²) in [4.78, 5) is 23.0. The molecule has 1 aliphatic rings. The Morgan fingerprint density at radius 3 is 2.85 bits per heavy atom. The molecule has 1 aromatic rings. The van der Waals surface area contributed by atoms with Crippen molar-refractivity contribution in [3.05, 3.63) is 34.6 Å². The SMILES string of the molecule is CCOC(=O)CC(=O)C1CC1Cc1ccc(Cl)c(F)c1. The highest BCUT2D eigenvalue weighted by Crippen LogP contribution is 2.42. The van der Waals surface area contributed by atoms with E-state index in [9.17, 15) is 14.0 Å². The molecular weight excluding hydrogens is 283 g/mol. The fraction of sp³-hybridized carbons (Fsp3) is 0.467. The van der Waals surface area contributed by atoms with Gasteiger partial charge in [-0.25, -0.2) is 4.39 Å². The Labute approximate surface area is 122 Å². The lowest BCUT2D eigenvalue weighted by atomic mass is 10.1. The monoisotopic (exact) mass is 298 g/mol. The Morgan fingerprint density at radius 1 is 1.45 bits per heavy atom. The number of hydrogen-bond acceptors (Lipinski definition) is 3. The molecular formula is C15H16ClFO3. The molecule has 0 heterocycles. The zero-order valence-corrected chi connectivity index (χ0v) is 12.0. The van der Waals surface area contributed by atoms with Crippen molar-refractivity contribution in [3.8, 4) is 0 Å². The van der Waals surface area contributed by atoms with Gasteiger partial charge in [-0.3, -0.25) is 9.59 Å². The number of rotatable bonds is 6. The molecule has 20 heavy (non-hydrogen) atoms. The Morgan fingerprint density at radius 2 is 2.20 bits per heavy atom. The minimum absolute atomic E-state index is 0.0807. The molecule has 1 aromatic carbocycles. The molecule has 1 saturated carbocycles. The van der Waals surface area contributed by atoms with E-state index < -0.39 is 11.8 Å². The van der Waals surface area contributed by atoms with Gasteiger partial charge in [0.05, 0.1) is 11.6 Å². The van der Waals surface area contributed by atoms with E-state index >= 15 is 0 Å². The lowest BCUT2D eigenvalue weighted by Gasteiger charge is -2.03. The Bertz CT molecular complexity index is 530. The van der Waals surface area contributed by atoms with Gasteiger partial charge in [-0.1, -0.05) is 17.7 Å². The van der Waals surface area contributed by atoms with Crippen molar-refractivity contribution in [1.82, 2.24) is 0 Å². The summed E-state index contributed by atoms with van der Waals surface area (Å²) < 4.78 is 18.1. The van der Waals surface area contributed by atoms with E-state index in [0.717, 1.165) is 12.0 Å². The molecule has 1 fully saturated rings. The van der Waals surface area contributed by atoms with Crippen molar-refractivity contribution in [2.45, 2.75) is 26.2 Å². The zero-order valence-electron chi connectivity index (χ0n) is 11.2. The average molecular weight is 299 g/mol. The van der Waals surface area contributed by atoms with Crippen LogP contribution in [0.25, 0.3) is 0 Å². The van der Waals surface area contributed by atoms with Crippen LogP contribution >= 0.6 is 11.6 Å². The van der Waals surface area contributed by atoms with E-state index in [1.807, 2.05) is 0 Å². The molecule has 108 valence electrons. The second-order valence-electron chi connectivity index (χ2n) is 5.00. The standard InChI is InChI=1S/C15H16ClFO3/c1-2-20-15(19)8-14(18)11-7-10(11)5-9-3-4-12(16)13(17)6-9/h3-4,6,10-11H,2,5,7-8H2,1H3. The second-order valence-corrected chi connectivity index (χ2v) is 5.41. The van der Waals surface area contributed by atoms with E-state index in [1.54, 1.807) is 13.0 Å². The van der Waals surface area contributed by atoms with Gasteiger partial charge in [-0.05, 0) is 43.4 Å². The van der Waals surface area contributed by atoms with Gasteiger partial charge < -0.3 is 4.74 Å². The summed E-state index contributed by atoms with van der Waals surface area (Å²) in [5, 5.41) is 0.0967. The number of ketones is 1. The number of benzene rings is 1. The summed E-state index contributed by atoms with van der Waals surface area (Å²) in [6.07, 6.45) is 1.22. The first kappa shape index (κ1) is 15.0. The van der Waals surface area contributed by atoms with Crippen molar-refractivity contribution < 1.29 is 18.7 Å². The molecule has 5 heteroatoms. The predicted octanol–water partition coefficient (Wildman–Crippen LogP) is 3.18. The second kappa shape index (κ2) is 6.35. The first-order valence-electron chi connectivity index (χ1n) is 6.63. The van der Waals surface area contributed by atoms with Crippen molar-refractivity contribution in [1.29, 1.82) is 0 Å². The van der Waals surface area contributed by atoms with Gasteiger partial charge in [0.15, 0.2) is 0 Å². The van der Waals surface area contributed by atoms with Gasteiger partial charge >= 0.3 is 5.97 Å². The maximum Gasteiger partial charge on any atom is 0.313 e. The molecule has 2 unspecified atom stereocenters. The van der Waals surface area contributed by atoms with Crippen LogP contribution < -0.4 is 0 Å². The molecule has 0 spiro atoms. The van der Waals surface area contributed by atoms with Gasteiger partial charge in [0.1, 0.15) is 18.0 Å². The predicted molar refractivity (Wildman–Crippen MR) is 73.0 cm³/mol. The van der Waals surface area contributed by atoms with Crippen LogP contribution in [-0.2, 0) is 20.7 Å². The van der Waals surface area contributed by atoms with E-state index in [-0.39, 0.29) is 35.7 Å². The highest BCUT2D eigenvalue weighted by molar-refractivity contribution is 6.30. The molecule has 1 aliphatic carbocycles. The molecule has 3 nitrogen and oxygen atoms in total. The third kappa shape index (κ3) is 3.79. The van der Waals surface area contributed by atoms with Crippen LogP contribution in [0.15, 0.2) is 18.2 Å². The van der Waals surface area contributed by atoms with E-state index in [1.165, 1.54) is 12.1 Å². The first-order valence-corrected chi connectivity index (χ1v) is 7.01. The van der Waals surface area contributed by atoms with Gasteiger partial charge in [0.25, 0.3) is 0 Å². The molecule has 0 amide bonds. The van der Waals surface area contributed by atoms with Crippen LogP contribution in [0.1, 0.15) is 25.3 Å². The average Bonchev–Trinajstić information content (AvgIpc) is 3.13. The van der Waals surface area contributed by atoms with Crippen molar-refractivity contribution >= 4 is 23.4 Å². The molecule has 0 radical (unpaired) electrons. The topological polar surface area (TPSA) is 43.4 Å². The van der Waals surface area contributed by atoms with Crippen LogP contribution in [-0.4, -0.2) is 18.4 Å². The van der Waals surface area contributed by atoms with Gasteiger partial charge in [0.2, 0.25) is 0 Å². The van der Waals surface area contributed by atoms with Crippen LogP contribution in [0, 0.1) is 17.7 Å². The summed E-state index contributed by atoms with van der Waals surface area (Å²) in [6.45, 7) is 1.99. The van der Waals surface area contributed by atoms with Crippen LogP contribution in [0.3, 0.4) is 0 Å². The molecule has 0 aliphatic heterocycles. The van der Waals surface area contributed by atoms with E-state index in [4.69, 9.17) is 16.3 Å². The minimum Gasteiger partial charge on any atom is -0.466 e. The van der Waals surface area contributed by atoms with Crippen LogP contribution in [0.5, 0.6) is 0 Å². The van der Waals surface area contributed by atoms with Crippen molar-refractivity contribution in [3.63, 3.8) is 0 Å².